The Balaban J connectivity index is 1.75. The number of fused-ring (bicyclic) bond motifs is 2. The van der Waals surface area contributed by atoms with E-state index in [1.165, 1.54) is 0 Å². The lowest BCUT2D eigenvalue weighted by Gasteiger charge is -2.34. The van der Waals surface area contributed by atoms with Crippen LogP contribution in [-0.2, 0) is 14.3 Å². The molecule has 0 saturated carbocycles. The van der Waals surface area contributed by atoms with Gasteiger partial charge in [0.2, 0.25) is 5.91 Å². The first-order chi connectivity index (χ1) is 16.2. The molecule has 2 aliphatic rings. The normalized spacial score (nSPS) is 18.2. The maximum Gasteiger partial charge on any atom is 0.255 e. The van der Waals surface area contributed by atoms with Gasteiger partial charge in [-0.3, -0.25) is 4.79 Å². The third-order valence-corrected chi connectivity index (χ3v) is 5.68. The van der Waals surface area contributed by atoms with Gasteiger partial charge >= 0.3 is 0 Å². The molecule has 180 valence electrons. The monoisotopic (exact) mass is 472 g/mol. The standard InChI is InChI=1S/C23H26F2N6O3/c1-23(2,22(32)28-11-18(24)25)31-21-13-8-16(33-3)17(34-4)9-15(13)29-20(30-21)14-10-27-19-12(14)6-5-7-26-19/h5-7,9-10,13,18H,8,11H2,1-4H3,(H,26,27)(H,28,32)(H,29,30,31). The van der Waals surface area contributed by atoms with Crippen molar-refractivity contribution in [2.75, 3.05) is 20.8 Å². The van der Waals surface area contributed by atoms with E-state index in [1.54, 1.807) is 46.5 Å². The molecule has 0 aromatic carbocycles. The number of carbonyl (C=O) groups is 1. The number of rotatable bonds is 7. The Bertz CT molecular complexity index is 1230. The second-order valence-corrected chi connectivity index (χ2v) is 8.41. The van der Waals surface area contributed by atoms with Gasteiger partial charge in [-0.25, -0.2) is 23.7 Å². The fourth-order valence-corrected chi connectivity index (χ4v) is 3.89. The van der Waals surface area contributed by atoms with Crippen LogP contribution in [0.2, 0.25) is 0 Å². The number of hydrogen-bond donors (Lipinski definition) is 3. The van der Waals surface area contributed by atoms with Crippen LogP contribution in [0, 0.1) is 5.92 Å². The molecule has 0 radical (unpaired) electrons. The number of methoxy groups -OCH3 is 2. The van der Waals surface area contributed by atoms with Crippen molar-refractivity contribution < 1.29 is 23.0 Å². The van der Waals surface area contributed by atoms with E-state index in [9.17, 15) is 13.6 Å². The number of aromatic amines is 1. The molecular formula is C23H26F2N6O3. The summed E-state index contributed by atoms with van der Waals surface area (Å²) in [5.41, 5.74) is 0.881. The van der Waals surface area contributed by atoms with Crippen molar-refractivity contribution in [3.8, 4) is 0 Å². The van der Waals surface area contributed by atoms with Crippen LogP contribution in [0.3, 0.4) is 0 Å². The highest BCUT2D eigenvalue weighted by molar-refractivity contribution is 6.16. The molecule has 3 N–H and O–H groups in total. The molecule has 1 aliphatic carbocycles. The van der Waals surface area contributed by atoms with E-state index in [0.717, 1.165) is 10.9 Å². The van der Waals surface area contributed by atoms with E-state index in [-0.39, 0.29) is 5.92 Å². The molecule has 11 heteroatoms. The zero-order chi connectivity index (χ0) is 24.5. The second kappa shape index (κ2) is 9.24. The number of H-pyrrole nitrogens is 1. The van der Waals surface area contributed by atoms with Gasteiger partial charge in [0.1, 0.15) is 22.8 Å². The number of hydrogen-bond acceptors (Lipinski definition) is 7. The topological polar surface area (TPSA) is 113 Å². The summed E-state index contributed by atoms with van der Waals surface area (Å²) in [5, 5.41) is 6.27. The predicted molar refractivity (Wildman–Crippen MR) is 124 cm³/mol. The Morgan fingerprint density at radius 2 is 2.09 bits per heavy atom. The van der Waals surface area contributed by atoms with Crippen LogP contribution >= 0.6 is 0 Å². The molecule has 1 unspecified atom stereocenters. The molecule has 0 spiro atoms. The van der Waals surface area contributed by atoms with E-state index in [4.69, 9.17) is 19.5 Å². The number of pyridine rings is 1. The quantitative estimate of drug-likeness (QED) is 0.574. The molecule has 0 fully saturated rings. The summed E-state index contributed by atoms with van der Waals surface area (Å²) < 4.78 is 36.2. The molecule has 1 amide bonds. The van der Waals surface area contributed by atoms with Gasteiger partial charge in [-0.2, -0.15) is 0 Å². The van der Waals surface area contributed by atoms with E-state index < -0.39 is 24.4 Å². The summed E-state index contributed by atoms with van der Waals surface area (Å²) in [6.45, 7) is 2.49. The van der Waals surface area contributed by atoms with Gasteiger partial charge in [-0.05, 0) is 26.0 Å². The number of alkyl halides is 2. The van der Waals surface area contributed by atoms with E-state index in [2.05, 4.69) is 20.6 Å². The van der Waals surface area contributed by atoms with Crippen LogP contribution in [0.15, 0.2) is 57.8 Å². The maximum absolute atomic E-state index is 12.6. The molecule has 0 bridgehead atoms. The number of nitrogens with zero attached hydrogens (tertiary/aromatic N) is 3. The fourth-order valence-electron chi connectivity index (χ4n) is 3.89. The van der Waals surface area contributed by atoms with E-state index in [0.29, 0.717) is 41.0 Å². The van der Waals surface area contributed by atoms with Gasteiger partial charge in [-0.15, -0.1) is 0 Å². The zero-order valence-corrected chi connectivity index (χ0v) is 19.3. The minimum Gasteiger partial charge on any atom is -0.497 e. The van der Waals surface area contributed by atoms with Gasteiger partial charge in [0.15, 0.2) is 11.6 Å². The van der Waals surface area contributed by atoms with E-state index in [1.807, 2.05) is 12.1 Å². The number of amides is 1. The molecule has 2 aromatic heterocycles. The smallest absolute Gasteiger partial charge is 0.255 e. The number of carbonyl (C=O) groups excluding carboxylic acids is 1. The minimum absolute atomic E-state index is 0.344. The average Bonchev–Trinajstić information content (AvgIpc) is 3.25. The Labute approximate surface area is 195 Å². The van der Waals surface area contributed by atoms with Gasteiger partial charge < -0.3 is 25.1 Å². The number of aliphatic imine (C=N–C) groups is 2. The molecule has 3 heterocycles. The number of allylic oxidation sites excluding steroid dienone is 2. The first kappa shape index (κ1) is 23.4. The van der Waals surface area contributed by atoms with Crippen molar-refractivity contribution in [1.82, 2.24) is 20.6 Å². The summed E-state index contributed by atoms with van der Waals surface area (Å²) >= 11 is 0. The zero-order valence-electron chi connectivity index (χ0n) is 19.3. The lowest BCUT2D eigenvalue weighted by molar-refractivity contribution is -0.126. The Morgan fingerprint density at radius 1 is 1.29 bits per heavy atom. The van der Waals surface area contributed by atoms with Crippen LogP contribution in [0.25, 0.3) is 11.0 Å². The van der Waals surface area contributed by atoms with Crippen molar-refractivity contribution in [3.05, 3.63) is 53.4 Å². The summed E-state index contributed by atoms with van der Waals surface area (Å²) in [6, 6.07) is 3.73. The molecular weight excluding hydrogens is 446 g/mol. The molecule has 4 rings (SSSR count). The SMILES string of the molecule is COC1=C(OC)CC2C(=C1)N=C(c1c[nH]c3ncccc13)N=C2NC(C)(C)C(=O)NCC(F)F. The first-order valence-electron chi connectivity index (χ1n) is 10.7. The number of nitrogens with one attached hydrogen (secondary N) is 3. The molecule has 0 saturated heterocycles. The van der Waals surface area contributed by atoms with Crippen LogP contribution in [-0.4, -0.2) is 60.3 Å². The predicted octanol–water partition coefficient (Wildman–Crippen LogP) is 2.88. The largest absolute Gasteiger partial charge is 0.497 e. The van der Waals surface area contributed by atoms with Gasteiger partial charge in [-0.1, -0.05) is 0 Å². The molecule has 1 aliphatic heterocycles. The molecule has 34 heavy (non-hydrogen) atoms. The van der Waals surface area contributed by atoms with Gasteiger partial charge in [0, 0.05) is 35.8 Å². The summed E-state index contributed by atoms with van der Waals surface area (Å²) in [4.78, 5) is 29.6. The average molecular weight is 472 g/mol. The van der Waals surface area contributed by atoms with Crippen LogP contribution in [0.5, 0.6) is 0 Å². The van der Waals surface area contributed by atoms with Crippen molar-refractivity contribution in [2.24, 2.45) is 15.9 Å². The molecule has 2 aromatic rings. The number of halogens is 2. The highest BCUT2D eigenvalue weighted by atomic mass is 19.3. The Morgan fingerprint density at radius 3 is 2.79 bits per heavy atom. The summed E-state index contributed by atoms with van der Waals surface area (Å²) in [5.74, 6) is 1.13. The first-order valence-corrected chi connectivity index (χ1v) is 10.7. The summed E-state index contributed by atoms with van der Waals surface area (Å²) in [6.07, 6.45) is 2.99. The van der Waals surface area contributed by atoms with Crippen molar-refractivity contribution >= 4 is 28.6 Å². The lowest BCUT2D eigenvalue weighted by Crippen LogP contribution is -2.57. The van der Waals surface area contributed by atoms with E-state index >= 15 is 0 Å². The highest BCUT2D eigenvalue weighted by Crippen LogP contribution is 2.35. The third-order valence-electron chi connectivity index (χ3n) is 5.68. The van der Waals surface area contributed by atoms with Crippen LogP contribution in [0.1, 0.15) is 25.8 Å². The fraction of sp³-hybridized carbons (Fsp3) is 0.391. The minimum atomic E-state index is -2.64. The van der Waals surface area contributed by atoms with Gasteiger partial charge in [0.05, 0.1) is 32.4 Å². The molecule has 1 atom stereocenters. The molecule has 9 nitrogen and oxygen atoms in total. The van der Waals surface area contributed by atoms with Crippen molar-refractivity contribution in [3.63, 3.8) is 0 Å². The third kappa shape index (κ3) is 4.50. The van der Waals surface area contributed by atoms with Crippen LogP contribution in [0.4, 0.5) is 8.78 Å². The number of aromatic nitrogens is 2. The number of ether oxygens (including phenoxy) is 2. The van der Waals surface area contributed by atoms with Gasteiger partial charge in [0.25, 0.3) is 6.43 Å². The van der Waals surface area contributed by atoms with Crippen molar-refractivity contribution in [2.45, 2.75) is 32.2 Å². The number of amidine groups is 2. The summed E-state index contributed by atoms with van der Waals surface area (Å²) in [7, 11) is 3.10. The lowest BCUT2D eigenvalue weighted by atomic mass is 9.90. The Hall–Kier alpha value is -3.76. The van der Waals surface area contributed by atoms with Crippen molar-refractivity contribution in [1.29, 1.82) is 0 Å². The van der Waals surface area contributed by atoms with Crippen LogP contribution < -0.4 is 10.6 Å². The highest BCUT2D eigenvalue weighted by Gasteiger charge is 2.37. The maximum atomic E-state index is 12.6. The Kier molecular flexibility index (Phi) is 6.36. The second-order valence-electron chi connectivity index (χ2n) is 8.41.